The molecule has 1 aliphatic heterocycles. The average molecular weight is 347 g/mol. The fourth-order valence-electron chi connectivity index (χ4n) is 2.85. The number of piperazine rings is 1. The van der Waals surface area contributed by atoms with Crippen LogP contribution < -0.4 is 22.1 Å². The molecule has 1 aliphatic rings. The summed E-state index contributed by atoms with van der Waals surface area (Å²) in [6, 6.07) is 7.90. The summed E-state index contributed by atoms with van der Waals surface area (Å²) in [5.74, 6) is 0.0914. The summed E-state index contributed by atoms with van der Waals surface area (Å²) in [6.45, 7) is 5.86. The first kappa shape index (κ1) is 19.2. The molecule has 0 atom stereocenters. The summed E-state index contributed by atoms with van der Waals surface area (Å²) < 4.78 is 0. The van der Waals surface area contributed by atoms with Crippen molar-refractivity contribution in [1.82, 2.24) is 15.1 Å². The minimum Gasteiger partial charge on any atom is -0.370 e. The van der Waals surface area contributed by atoms with Gasteiger partial charge in [0.15, 0.2) is 5.96 Å². The van der Waals surface area contributed by atoms with E-state index in [-0.39, 0.29) is 11.9 Å². The van der Waals surface area contributed by atoms with Crippen LogP contribution in [0.4, 0.5) is 5.69 Å². The van der Waals surface area contributed by atoms with Crippen LogP contribution in [-0.2, 0) is 11.3 Å². The van der Waals surface area contributed by atoms with Crippen molar-refractivity contribution in [3.8, 4) is 0 Å². The number of anilines is 1. The highest BCUT2D eigenvalue weighted by Gasteiger charge is 2.20. The van der Waals surface area contributed by atoms with Gasteiger partial charge in [0.25, 0.3) is 0 Å². The van der Waals surface area contributed by atoms with Crippen molar-refractivity contribution in [3.05, 3.63) is 29.8 Å². The van der Waals surface area contributed by atoms with E-state index in [0.29, 0.717) is 13.1 Å². The van der Waals surface area contributed by atoms with E-state index in [1.54, 1.807) is 0 Å². The van der Waals surface area contributed by atoms with E-state index in [4.69, 9.17) is 16.9 Å². The smallest absolute Gasteiger partial charge is 0.236 e. The Bertz CT molecular complexity index is 570. The summed E-state index contributed by atoms with van der Waals surface area (Å²) >= 11 is 0. The predicted octanol–water partition coefficient (Wildman–Crippen LogP) is -0.425. The Hall–Kier alpha value is -2.16. The highest BCUT2D eigenvalue weighted by molar-refractivity contribution is 5.89. The minimum atomic E-state index is -0.0654. The fourth-order valence-corrected chi connectivity index (χ4v) is 2.85. The molecule has 8 nitrogen and oxygen atoms in total. The van der Waals surface area contributed by atoms with Crippen LogP contribution in [0.2, 0.25) is 0 Å². The predicted molar refractivity (Wildman–Crippen MR) is 100 cm³/mol. The Morgan fingerprint density at radius 3 is 2.68 bits per heavy atom. The maximum atomic E-state index is 12.1. The standard InChI is InChI=1S/C17H29N7O/c18-5-2-6-21-12-16(25)24-9-7-23(8-10-24)13-14-3-1-4-15(11-14)22-17(19)20/h1,3-4,11,21H,2,5-10,12-13,18H2,(H4,19,20,22). The van der Waals surface area contributed by atoms with Crippen molar-refractivity contribution >= 4 is 17.6 Å². The number of hydrogen-bond acceptors (Lipinski definition) is 5. The topological polar surface area (TPSA) is 123 Å². The summed E-state index contributed by atoms with van der Waals surface area (Å²) in [5, 5.41) is 13.2. The molecule has 1 saturated heterocycles. The van der Waals surface area contributed by atoms with Gasteiger partial charge in [-0.3, -0.25) is 15.1 Å². The Morgan fingerprint density at radius 1 is 1.24 bits per heavy atom. The Kier molecular flexibility index (Phi) is 7.65. The number of carbonyl (C=O) groups is 1. The third-order valence-electron chi connectivity index (χ3n) is 4.17. The van der Waals surface area contributed by atoms with Crippen molar-refractivity contribution in [1.29, 1.82) is 5.41 Å². The van der Waals surface area contributed by atoms with Gasteiger partial charge in [-0.05, 0) is 37.2 Å². The average Bonchev–Trinajstić information content (AvgIpc) is 2.59. The summed E-state index contributed by atoms with van der Waals surface area (Å²) in [6.07, 6.45) is 0.888. The monoisotopic (exact) mass is 347 g/mol. The van der Waals surface area contributed by atoms with E-state index in [1.807, 2.05) is 23.1 Å². The lowest BCUT2D eigenvalue weighted by Crippen LogP contribution is -2.50. The third kappa shape index (κ3) is 6.69. The molecule has 0 radical (unpaired) electrons. The number of amides is 1. The molecule has 138 valence electrons. The van der Waals surface area contributed by atoms with E-state index in [1.165, 1.54) is 0 Å². The molecule has 1 aromatic rings. The maximum absolute atomic E-state index is 12.1. The number of rotatable bonds is 8. The SMILES string of the molecule is N=C(N)Nc1cccc(CN2CCN(C(=O)CNCCCN)CC2)c1. The van der Waals surface area contributed by atoms with Crippen molar-refractivity contribution in [2.24, 2.45) is 11.5 Å². The van der Waals surface area contributed by atoms with Gasteiger partial charge >= 0.3 is 0 Å². The molecule has 7 N–H and O–H groups in total. The Morgan fingerprint density at radius 2 is 2.00 bits per heavy atom. The minimum absolute atomic E-state index is 0.0654. The van der Waals surface area contributed by atoms with Gasteiger partial charge in [0.2, 0.25) is 5.91 Å². The third-order valence-corrected chi connectivity index (χ3v) is 4.17. The van der Waals surface area contributed by atoms with E-state index in [9.17, 15) is 4.79 Å². The van der Waals surface area contributed by atoms with Crippen LogP contribution >= 0.6 is 0 Å². The molecule has 1 aromatic carbocycles. The van der Waals surface area contributed by atoms with Crippen LogP contribution in [-0.4, -0.2) is 67.5 Å². The molecule has 0 unspecified atom stereocenters. The van der Waals surface area contributed by atoms with Gasteiger partial charge in [-0.15, -0.1) is 0 Å². The van der Waals surface area contributed by atoms with Crippen LogP contribution in [0.1, 0.15) is 12.0 Å². The van der Waals surface area contributed by atoms with Crippen LogP contribution in [0.3, 0.4) is 0 Å². The molecule has 8 heteroatoms. The van der Waals surface area contributed by atoms with Crippen LogP contribution in [0.15, 0.2) is 24.3 Å². The molecule has 0 aliphatic carbocycles. The highest BCUT2D eigenvalue weighted by Crippen LogP contribution is 2.14. The lowest BCUT2D eigenvalue weighted by molar-refractivity contribution is -0.132. The fraction of sp³-hybridized carbons (Fsp3) is 0.529. The van der Waals surface area contributed by atoms with E-state index in [2.05, 4.69) is 21.6 Å². The highest BCUT2D eigenvalue weighted by atomic mass is 16.2. The summed E-state index contributed by atoms with van der Waals surface area (Å²) in [5.41, 5.74) is 12.8. The Labute approximate surface area is 149 Å². The zero-order valence-corrected chi connectivity index (χ0v) is 14.6. The quantitative estimate of drug-likeness (QED) is 0.247. The molecule has 1 heterocycles. The Balaban J connectivity index is 1.75. The molecule has 2 rings (SSSR count). The zero-order valence-electron chi connectivity index (χ0n) is 14.6. The number of nitrogens with two attached hydrogens (primary N) is 2. The summed E-state index contributed by atoms with van der Waals surface area (Å²) in [4.78, 5) is 16.4. The lowest BCUT2D eigenvalue weighted by Gasteiger charge is -2.35. The normalized spacial score (nSPS) is 15.2. The van der Waals surface area contributed by atoms with Crippen molar-refractivity contribution in [2.75, 3.05) is 51.1 Å². The number of hydrogen-bond donors (Lipinski definition) is 5. The molecular weight excluding hydrogens is 318 g/mol. The van der Waals surface area contributed by atoms with E-state index in [0.717, 1.165) is 56.9 Å². The van der Waals surface area contributed by atoms with Crippen molar-refractivity contribution in [3.63, 3.8) is 0 Å². The van der Waals surface area contributed by atoms with Gasteiger partial charge in [0.05, 0.1) is 6.54 Å². The first-order valence-corrected chi connectivity index (χ1v) is 8.69. The lowest BCUT2D eigenvalue weighted by atomic mass is 10.1. The molecule has 0 spiro atoms. The van der Waals surface area contributed by atoms with Gasteiger partial charge in [-0.2, -0.15) is 0 Å². The van der Waals surface area contributed by atoms with Gasteiger partial charge < -0.3 is 27.0 Å². The molecule has 1 amide bonds. The molecule has 0 saturated carbocycles. The second-order valence-electron chi connectivity index (χ2n) is 6.21. The van der Waals surface area contributed by atoms with E-state index < -0.39 is 0 Å². The van der Waals surface area contributed by atoms with Crippen LogP contribution in [0.5, 0.6) is 0 Å². The largest absolute Gasteiger partial charge is 0.370 e. The maximum Gasteiger partial charge on any atom is 0.236 e. The molecule has 0 bridgehead atoms. The molecular formula is C17H29N7O. The van der Waals surface area contributed by atoms with Crippen molar-refractivity contribution in [2.45, 2.75) is 13.0 Å². The number of carbonyl (C=O) groups excluding carboxylic acids is 1. The zero-order chi connectivity index (χ0) is 18.1. The second-order valence-corrected chi connectivity index (χ2v) is 6.21. The van der Waals surface area contributed by atoms with Crippen LogP contribution in [0, 0.1) is 5.41 Å². The molecule has 1 fully saturated rings. The van der Waals surface area contributed by atoms with Gasteiger partial charge in [0.1, 0.15) is 0 Å². The number of benzene rings is 1. The first-order valence-electron chi connectivity index (χ1n) is 8.69. The summed E-state index contributed by atoms with van der Waals surface area (Å²) in [7, 11) is 0. The molecule has 0 aromatic heterocycles. The number of nitrogens with zero attached hydrogens (tertiary/aromatic N) is 2. The van der Waals surface area contributed by atoms with Gasteiger partial charge in [0, 0.05) is 38.4 Å². The first-order chi connectivity index (χ1) is 12.1. The van der Waals surface area contributed by atoms with Gasteiger partial charge in [-0.25, -0.2) is 0 Å². The number of nitrogens with one attached hydrogen (secondary N) is 3. The molecule has 25 heavy (non-hydrogen) atoms. The van der Waals surface area contributed by atoms with Gasteiger partial charge in [-0.1, -0.05) is 12.1 Å². The number of guanidine groups is 1. The second kappa shape index (κ2) is 9.97. The van der Waals surface area contributed by atoms with E-state index >= 15 is 0 Å². The van der Waals surface area contributed by atoms with Crippen molar-refractivity contribution < 1.29 is 4.79 Å². The van der Waals surface area contributed by atoms with Crippen LogP contribution in [0.25, 0.3) is 0 Å².